The van der Waals surface area contributed by atoms with Crippen molar-refractivity contribution >= 4 is 17.6 Å². The number of nitrogens with one attached hydrogen (secondary N) is 1. The van der Waals surface area contributed by atoms with Gasteiger partial charge in [0.1, 0.15) is 6.61 Å². The molecule has 0 saturated heterocycles. The van der Waals surface area contributed by atoms with Crippen molar-refractivity contribution in [1.82, 2.24) is 0 Å². The third kappa shape index (κ3) is 16.1. The number of rotatable bonds is 27. The zero-order valence-corrected chi connectivity index (χ0v) is 26.8. The number of hydrogen-bond donors (Lipinski definition) is 1. The van der Waals surface area contributed by atoms with Crippen molar-refractivity contribution in [2.24, 2.45) is 0 Å². The maximum Gasteiger partial charge on any atom is 0.338 e. The number of benzene rings is 2. The Kier molecular flexibility index (Phi) is 21.0. The molecule has 0 unspecified atom stereocenters. The van der Waals surface area contributed by atoms with E-state index in [9.17, 15) is 31.5 Å². The van der Waals surface area contributed by atoms with E-state index in [0.29, 0.717) is 51.8 Å². The molecule has 0 atom stereocenters. The molecule has 1 N–H and O–H groups in total. The van der Waals surface area contributed by atoms with E-state index in [-0.39, 0.29) is 39.6 Å². The molecule has 0 aliphatic heterocycles. The number of anilines is 1. The minimum Gasteiger partial charge on any atom is -0.460 e. The third-order valence-electron chi connectivity index (χ3n) is 6.14. The van der Waals surface area contributed by atoms with Crippen LogP contribution in [0.15, 0.2) is 24.3 Å². The second kappa shape index (κ2) is 24.7. The van der Waals surface area contributed by atoms with Crippen LogP contribution in [0.3, 0.4) is 0 Å². The average Bonchev–Trinajstić information content (AvgIpc) is 3.09. The van der Waals surface area contributed by atoms with Crippen LogP contribution in [0.25, 0.3) is 0 Å². The van der Waals surface area contributed by atoms with Gasteiger partial charge in [-0.3, -0.25) is 4.79 Å². The Bertz CT molecular complexity index is 1190. The summed E-state index contributed by atoms with van der Waals surface area (Å²) in [7, 11) is 0. The molecule has 2 aromatic carbocycles. The molecule has 0 aromatic heterocycles. The van der Waals surface area contributed by atoms with Crippen LogP contribution in [0.5, 0.6) is 5.75 Å². The van der Waals surface area contributed by atoms with Crippen molar-refractivity contribution in [1.29, 1.82) is 0 Å². The summed E-state index contributed by atoms with van der Waals surface area (Å²) in [5, 5.41) is 3.29. The molecule has 0 saturated carbocycles. The van der Waals surface area contributed by atoms with E-state index in [0.717, 1.165) is 25.1 Å². The highest BCUT2D eigenvalue weighted by atomic mass is 19.2. The molecular formula is C32H42F5NO10. The van der Waals surface area contributed by atoms with Gasteiger partial charge in [0.2, 0.25) is 34.8 Å². The lowest BCUT2D eigenvalue weighted by Crippen LogP contribution is -2.16. The van der Waals surface area contributed by atoms with Crippen molar-refractivity contribution in [2.75, 3.05) is 97.8 Å². The number of esters is 2. The summed E-state index contributed by atoms with van der Waals surface area (Å²) in [5.41, 5.74) is 1.44. The molecule has 0 spiro atoms. The molecule has 11 nitrogen and oxygen atoms in total. The smallest absolute Gasteiger partial charge is 0.338 e. The molecule has 2 rings (SSSR count). The quantitative estimate of drug-likeness (QED) is 0.0345. The van der Waals surface area contributed by atoms with Gasteiger partial charge in [0, 0.05) is 12.2 Å². The van der Waals surface area contributed by atoms with Crippen molar-refractivity contribution in [3.8, 4) is 5.75 Å². The monoisotopic (exact) mass is 695 g/mol. The lowest BCUT2D eigenvalue weighted by atomic mass is 10.2. The van der Waals surface area contributed by atoms with Gasteiger partial charge >= 0.3 is 11.9 Å². The number of halogens is 5. The first-order valence-electron chi connectivity index (χ1n) is 15.5. The minimum absolute atomic E-state index is 0.0733. The predicted molar refractivity (Wildman–Crippen MR) is 162 cm³/mol. The third-order valence-corrected chi connectivity index (χ3v) is 6.14. The molecule has 0 radical (unpaired) electrons. The van der Waals surface area contributed by atoms with Crippen LogP contribution in [0, 0.1) is 29.1 Å². The Labute approximate surface area is 275 Å². The second-order valence-corrected chi connectivity index (χ2v) is 9.79. The van der Waals surface area contributed by atoms with Crippen molar-refractivity contribution in [3.63, 3.8) is 0 Å². The normalized spacial score (nSPS) is 11.1. The SMILES string of the molecule is CCCCNc1ccc(C(=O)OCCOCCOCCOCCOCCOCCOCCC(=O)Oc2c(F)c(F)c(F)c(F)c2F)cc1. The van der Waals surface area contributed by atoms with Crippen LogP contribution in [-0.4, -0.2) is 104 Å². The Morgan fingerprint density at radius 3 is 1.46 bits per heavy atom. The number of ether oxygens (including phenoxy) is 8. The molecule has 48 heavy (non-hydrogen) atoms. The van der Waals surface area contributed by atoms with Crippen LogP contribution in [0.1, 0.15) is 36.5 Å². The number of carbonyl (C=O) groups excluding carboxylic acids is 2. The Balaban J connectivity index is 1.31. The first-order valence-corrected chi connectivity index (χ1v) is 15.5. The molecule has 0 heterocycles. The van der Waals surface area contributed by atoms with E-state index in [1.807, 2.05) is 12.1 Å². The van der Waals surface area contributed by atoms with Gasteiger partial charge in [-0.05, 0) is 30.7 Å². The molecule has 270 valence electrons. The second-order valence-electron chi connectivity index (χ2n) is 9.79. The van der Waals surface area contributed by atoms with Gasteiger partial charge in [0.25, 0.3) is 0 Å². The summed E-state index contributed by atoms with van der Waals surface area (Å²) in [6, 6.07) is 7.15. The van der Waals surface area contributed by atoms with Crippen molar-refractivity contribution in [3.05, 3.63) is 58.9 Å². The van der Waals surface area contributed by atoms with Crippen LogP contribution in [0.2, 0.25) is 0 Å². The Hall–Kier alpha value is -3.41. The minimum atomic E-state index is -2.35. The largest absolute Gasteiger partial charge is 0.460 e. The van der Waals surface area contributed by atoms with E-state index >= 15 is 0 Å². The summed E-state index contributed by atoms with van der Waals surface area (Å²) in [6.07, 6.45) is 1.70. The van der Waals surface area contributed by atoms with E-state index < -0.39 is 53.2 Å². The van der Waals surface area contributed by atoms with Gasteiger partial charge in [0.15, 0.2) is 0 Å². The molecule has 16 heteroatoms. The fraction of sp³-hybridized carbons (Fsp3) is 0.562. The van der Waals surface area contributed by atoms with Gasteiger partial charge in [-0.1, -0.05) is 13.3 Å². The average molecular weight is 696 g/mol. The molecule has 0 amide bonds. The predicted octanol–water partition coefficient (Wildman–Crippen LogP) is 4.85. The maximum atomic E-state index is 13.5. The van der Waals surface area contributed by atoms with Crippen molar-refractivity contribution in [2.45, 2.75) is 26.2 Å². The van der Waals surface area contributed by atoms with Gasteiger partial charge in [-0.25, -0.2) is 18.0 Å². The molecule has 0 aliphatic rings. The maximum absolute atomic E-state index is 13.5. The summed E-state index contributed by atoms with van der Waals surface area (Å²) in [4.78, 5) is 23.7. The van der Waals surface area contributed by atoms with Crippen LogP contribution < -0.4 is 10.1 Å². The van der Waals surface area contributed by atoms with Crippen LogP contribution in [-0.2, 0) is 38.0 Å². The Morgan fingerprint density at radius 2 is 1.00 bits per heavy atom. The summed E-state index contributed by atoms with van der Waals surface area (Å²) in [5.74, 6) is -14.6. The molecule has 0 bridgehead atoms. The number of carbonyl (C=O) groups is 2. The van der Waals surface area contributed by atoms with Gasteiger partial charge in [-0.15, -0.1) is 0 Å². The lowest BCUT2D eigenvalue weighted by molar-refractivity contribution is -0.136. The highest BCUT2D eigenvalue weighted by Gasteiger charge is 2.28. The molecular weight excluding hydrogens is 653 g/mol. The van der Waals surface area contributed by atoms with E-state index in [1.54, 1.807) is 12.1 Å². The standard InChI is InChI=1S/C32H42F5NO10/c1-2-3-9-38-24-6-4-23(5-7-24)32(40)47-22-21-46-20-19-45-18-17-44-16-15-43-14-13-42-12-11-41-10-8-25(39)48-31-29(36)27(34)26(33)28(35)30(31)37/h4-7,38H,2-3,8-22H2,1H3. The highest BCUT2D eigenvalue weighted by molar-refractivity contribution is 5.89. The van der Waals surface area contributed by atoms with E-state index in [2.05, 4.69) is 17.0 Å². The summed E-state index contributed by atoms with van der Waals surface area (Å²) < 4.78 is 108. The van der Waals surface area contributed by atoms with Gasteiger partial charge < -0.3 is 43.2 Å². The van der Waals surface area contributed by atoms with Crippen LogP contribution in [0.4, 0.5) is 27.6 Å². The first-order chi connectivity index (χ1) is 23.3. The van der Waals surface area contributed by atoms with Crippen molar-refractivity contribution < 1.29 is 69.4 Å². The van der Waals surface area contributed by atoms with Gasteiger partial charge in [-0.2, -0.15) is 8.78 Å². The summed E-state index contributed by atoms with van der Waals surface area (Å²) >= 11 is 0. The molecule has 2 aromatic rings. The fourth-order valence-corrected chi connectivity index (χ4v) is 3.61. The van der Waals surface area contributed by atoms with E-state index in [4.69, 9.17) is 33.2 Å². The number of hydrogen-bond acceptors (Lipinski definition) is 11. The highest BCUT2D eigenvalue weighted by Crippen LogP contribution is 2.29. The first kappa shape index (κ1) is 40.8. The van der Waals surface area contributed by atoms with Gasteiger partial charge in [0.05, 0.1) is 91.3 Å². The van der Waals surface area contributed by atoms with E-state index in [1.165, 1.54) is 0 Å². The lowest BCUT2D eigenvalue weighted by Gasteiger charge is -2.09. The topological polar surface area (TPSA) is 120 Å². The molecule has 0 fully saturated rings. The number of unbranched alkanes of at least 4 members (excludes halogenated alkanes) is 1. The zero-order chi connectivity index (χ0) is 35.0. The Morgan fingerprint density at radius 1 is 0.583 bits per heavy atom. The fourth-order valence-electron chi connectivity index (χ4n) is 3.61. The van der Waals surface area contributed by atoms with Crippen LogP contribution >= 0.6 is 0 Å². The summed E-state index contributed by atoms with van der Waals surface area (Å²) in [6.45, 7) is 6.12. The zero-order valence-electron chi connectivity index (χ0n) is 26.8. The molecule has 0 aliphatic carbocycles.